The highest BCUT2D eigenvalue weighted by atomic mass is 35.5. The van der Waals surface area contributed by atoms with Crippen molar-refractivity contribution in [3.63, 3.8) is 0 Å². The van der Waals surface area contributed by atoms with Crippen LogP contribution in [0.4, 0.5) is 5.95 Å². The van der Waals surface area contributed by atoms with Gasteiger partial charge in [0.15, 0.2) is 0 Å². The average Bonchev–Trinajstić information content (AvgIpc) is 3.03. The largest absolute Gasteiger partial charge is 0.313 e. The number of aromatic nitrogens is 2. The number of carbonyl (C=O) groups excluding carboxylic acids is 1. The minimum absolute atomic E-state index is 0.0207. The van der Waals surface area contributed by atoms with Crippen LogP contribution in [0.3, 0.4) is 0 Å². The number of amides is 1. The number of nitrogens with zero attached hydrogens (tertiary/aromatic N) is 3. The lowest BCUT2D eigenvalue weighted by atomic mass is 9.97. The molecule has 9 heteroatoms. The molecule has 1 aromatic heterocycles. The van der Waals surface area contributed by atoms with Gasteiger partial charge in [0.25, 0.3) is 0 Å². The fourth-order valence-electron chi connectivity index (χ4n) is 3.77. The predicted molar refractivity (Wildman–Crippen MR) is 118 cm³/mol. The molecule has 4 rings (SSSR count). The summed E-state index contributed by atoms with van der Waals surface area (Å²) in [6, 6.07) is 14.5. The molecule has 1 aliphatic heterocycles. The van der Waals surface area contributed by atoms with Crippen LogP contribution < -0.4 is 5.32 Å². The van der Waals surface area contributed by atoms with Crippen LogP contribution in [0.25, 0.3) is 11.0 Å². The zero-order valence-electron chi connectivity index (χ0n) is 16.6. The average molecular weight is 447 g/mol. The summed E-state index contributed by atoms with van der Waals surface area (Å²) in [4.78, 5) is 17.2. The van der Waals surface area contributed by atoms with Gasteiger partial charge in [-0.1, -0.05) is 41.9 Å². The van der Waals surface area contributed by atoms with Crippen LogP contribution in [-0.4, -0.2) is 41.3 Å². The van der Waals surface area contributed by atoms with Gasteiger partial charge in [-0.2, -0.15) is 0 Å². The van der Waals surface area contributed by atoms with E-state index < -0.39 is 10.0 Å². The van der Waals surface area contributed by atoms with Crippen LogP contribution in [0, 0.1) is 5.92 Å². The highest BCUT2D eigenvalue weighted by Gasteiger charge is 2.31. The molecule has 3 aromatic rings. The smallest absolute Gasteiger partial charge is 0.229 e. The standard InChI is InChI=1S/C21H23ClN4O3S/c1-25-19-8-7-17(22)13-18(19)23-21(25)24-20(27)16-9-11-26(12-10-16)30(28,29)14-15-5-3-2-4-6-15/h2-8,13,16H,9-12,14H2,1H3,(H,23,24,27). The summed E-state index contributed by atoms with van der Waals surface area (Å²) in [6.45, 7) is 0.677. The lowest BCUT2D eigenvalue weighted by Gasteiger charge is -2.30. The van der Waals surface area contributed by atoms with E-state index in [0.29, 0.717) is 42.4 Å². The molecule has 0 radical (unpaired) electrons. The number of imidazole rings is 1. The van der Waals surface area contributed by atoms with E-state index in [1.807, 2.05) is 48.0 Å². The first-order valence-electron chi connectivity index (χ1n) is 9.78. The minimum atomic E-state index is -3.40. The second kappa shape index (κ2) is 8.37. The molecule has 1 N–H and O–H groups in total. The first-order chi connectivity index (χ1) is 14.3. The zero-order valence-corrected chi connectivity index (χ0v) is 18.2. The van der Waals surface area contributed by atoms with Crippen LogP contribution in [0.2, 0.25) is 5.02 Å². The van der Waals surface area contributed by atoms with Gasteiger partial charge in [0.2, 0.25) is 21.9 Å². The predicted octanol–water partition coefficient (Wildman–Crippen LogP) is 3.41. The molecule has 0 spiro atoms. The maximum atomic E-state index is 12.8. The van der Waals surface area contributed by atoms with Crippen LogP contribution in [0.1, 0.15) is 18.4 Å². The van der Waals surface area contributed by atoms with Gasteiger partial charge in [-0.3, -0.25) is 10.1 Å². The summed E-state index contributed by atoms with van der Waals surface area (Å²) in [5.41, 5.74) is 2.35. The molecule has 1 amide bonds. The number of piperidine rings is 1. The molecule has 30 heavy (non-hydrogen) atoms. The topological polar surface area (TPSA) is 84.3 Å². The number of halogens is 1. The number of aryl methyl sites for hydroxylation is 1. The van der Waals surface area contributed by atoms with Gasteiger partial charge in [-0.15, -0.1) is 0 Å². The Labute approximate surface area is 180 Å². The Kier molecular flexibility index (Phi) is 5.81. The number of rotatable bonds is 5. The van der Waals surface area contributed by atoms with E-state index in [-0.39, 0.29) is 17.6 Å². The summed E-state index contributed by atoms with van der Waals surface area (Å²) < 4.78 is 28.7. The third-order valence-electron chi connectivity index (χ3n) is 5.49. The molecule has 0 bridgehead atoms. The van der Waals surface area contributed by atoms with Crippen molar-refractivity contribution in [2.75, 3.05) is 18.4 Å². The number of anilines is 1. The van der Waals surface area contributed by atoms with E-state index in [1.54, 1.807) is 12.1 Å². The molecule has 0 saturated carbocycles. The molecule has 1 fully saturated rings. The van der Waals surface area contributed by atoms with Crippen molar-refractivity contribution < 1.29 is 13.2 Å². The molecule has 1 aliphatic rings. The van der Waals surface area contributed by atoms with Gasteiger partial charge >= 0.3 is 0 Å². The number of benzene rings is 2. The maximum absolute atomic E-state index is 12.8. The summed E-state index contributed by atoms with van der Waals surface area (Å²) in [5, 5.41) is 3.47. The van der Waals surface area contributed by atoms with Crippen molar-refractivity contribution in [1.82, 2.24) is 13.9 Å². The quantitative estimate of drug-likeness (QED) is 0.650. The molecule has 158 valence electrons. The van der Waals surface area contributed by atoms with E-state index in [4.69, 9.17) is 11.6 Å². The van der Waals surface area contributed by atoms with Crippen molar-refractivity contribution in [1.29, 1.82) is 0 Å². The Bertz CT molecular complexity index is 1170. The van der Waals surface area contributed by atoms with Gasteiger partial charge in [0, 0.05) is 31.1 Å². The third-order valence-corrected chi connectivity index (χ3v) is 7.57. The van der Waals surface area contributed by atoms with Crippen molar-refractivity contribution in [2.45, 2.75) is 18.6 Å². The normalized spacial score (nSPS) is 16.1. The molecular formula is C21H23ClN4O3S. The third kappa shape index (κ3) is 4.35. The second-order valence-electron chi connectivity index (χ2n) is 7.53. The van der Waals surface area contributed by atoms with Gasteiger partial charge in [0.1, 0.15) is 0 Å². The van der Waals surface area contributed by atoms with Crippen molar-refractivity contribution in [3.8, 4) is 0 Å². The summed E-state index contributed by atoms with van der Waals surface area (Å²) in [5.74, 6) is 0.0419. The highest BCUT2D eigenvalue weighted by Crippen LogP contribution is 2.25. The Balaban J connectivity index is 1.38. The monoisotopic (exact) mass is 446 g/mol. The fraction of sp³-hybridized carbons (Fsp3) is 0.333. The Hall–Kier alpha value is -2.42. The molecule has 0 atom stereocenters. The van der Waals surface area contributed by atoms with Gasteiger partial charge < -0.3 is 4.57 Å². The Morgan fingerprint density at radius 2 is 1.87 bits per heavy atom. The number of fused-ring (bicyclic) bond motifs is 1. The van der Waals surface area contributed by atoms with Crippen LogP contribution in [0.5, 0.6) is 0 Å². The lowest BCUT2D eigenvalue weighted by Crippen LogP contribution is -2.42. The van der Waals surface area contributed by atoms with E-state index in [9.17, 15) is 13.2 Å². The van der Waals surface area contributed by atoms with Crippen molar-refractivity contribution in [3.05, 3.63) is 59.1 Å². The van der Waals surface area contributed by atoms with E-state index in [1.165, 1.54) is 4.31 Å². The van der Waals surface area contributed by atoms with Crippen LogP contribution >= 0.6 is 11.6 Å². The van der Waals surface area contributed by atoms with Gasteiger partial charge in [-0.25, -0.2) is 17.7 Å². The number of carbonyl (C=O) groups is 1. The number of sulfonamides is 1. The molecule has 1 saturated heterocycles. The summed E-state index contributed by atoms with van der Waals surface area (Å²) in [6.07, 6.45) is 0.964. The zero-order chi connectivity index (χ0) is 21.3. The van der Waals surface area contributed by atoms with Gasteiger partial charge in [0.05, 0.1) is 16.8 Å². The van der Waals surface area contributed by atoms with E-state index in [0.717, 1.165) is 11.1 Å². The number of nitrogens with one attached hydrogen (secondary N) is 1. The Morgan fingerprint density at radius 3 is 2.57 bits per heavy atom. The van der Waals surface area contributed by atoms with Crippen LogP contribution in [-0.2, 0) is 27.6 Å². The molecule has 0 unspecified atom stereocenters. The first-order valence-corrected chi connectivity index (χ1v) is 11.8. The second-order valence-corrected chi connectivity index (χ2v) is 9.94. The van der Waals surface area contributed by atoms with E-state index in [2.05, 4.69) is 10.3 Å². The fourth-order valence-corrected chi connectivity index (χ4v) is 5.50. The summed E-state index contributed by atoms with van der Waals surface area (Å²) >= 11 is 6.02. The number of hydrogen-bond acceptors (Lipinski definition) is 4. The lowest BCUT2D eigenvalue weighted by molar-refractivity contribution is -0.121. The molecule has 2 aromatic carbocycles. The molecular weight excluding hydrogens is 424 g/mol. The van der Waals surface area contributed by atoms with Crippen LogP contribution in [0.15, 0.2) is 48.5 Å². The van der Waals surface area contributed by atoms with Crippen molar-refractivity contribution >= 4 is 44.5 Å². The van der Waals surface area contributed by atoms with E-state index >= 15 is 0 Å². The molecule has 0 aliphatic carbocycles. The maximum Gasteiger partial charge on any atom is 0.229 e. The highest BCUT2D eigenvalue weighted by molar-refractivity contribution is 7.88. The minimum Gasteiger partial charge on any atom is -0.313 e. The summed E-state index contributed by atoms with van der Waals surface area (Å²) in [7, 11) is -1.57. The van der Waals surface area contributed by atoms with Gasteiger partial charge in [-0.05, 0) is 36.6 Å². The molecule has 2 heterocycles. The molecule has 7 nitrogen and oxygen atoms in total. The Morgan fingerprint density at radius 1 is 1.17 bits per heavy atom. The SMILES string of the molecule is Cn1c(NC(=O)C2CCN(S(=O)(=O)Cc3ccccc3)CC2)nc2cc(Cl)ccc21. The number of hydrogen-bond donors (Lipinski definition) is 1. The van der Waals surface area contributed by atoms with Crippen molar-refractivity contribution in [2.24, 2.45) is 13.0 Å². The first kappa shape index (κ1) is 20.8.